The molecule has 2 rings (SSSR count). The van der Waals surface area contributed by atoms with Crippen LogP contribution in [-0.2, 0) is 15.7 Å². The van der Waals surface area contributed by atoms with Crippen molar-refractivity contribution in [1.82, 2.24) is 4.90 Å². The monoisotopic (exact) mass is 358 g/mol. The molecule has 1 aliphatic heterocycles. The molecule has 5 nitrogen and oxygen atoms in total. The molecule has 2 amide bonds. The van der Waals surface area contributed by atoms with E-state index in [0.717, 1.165) is 6.07 Å². The summed E-state index contributed by atoms with van der Waals surface area (Å²) < 4.78 is 44.3. The number of nitrogens with zero attached hydrogens (tertiary/aromatic N) is 1. The summed E-state index contributed by atoms with van der Waals surface area (Å²) in [6.45, 7) is 5.44. The molecule has 0 aromatic heterocycles. The minimum absolute atomic E-state index is 0.323. The van der Waals surface area contributed by atoms with Gasteiger partial charge in [-0.15, -0.1) is 0 Å². The summed E-state index contributed by atoms with van der Waals surface area (Å²) in [5, 5.41) is 2.30. The van der Waals surface area contributed by atoms with Gasteiger partial charge in [-0.2, -0.15) is 13.2 Å². The molecule has 138 valence electrons. The highest BCUT2D eigenvalue weighted by Crippen LogP contribution is 2.35. The van der Waals surface area contributed by atoms with Crippen LogP contribution < -0.4 is 5.32 Å². The number of alkyl halides is 3. The number of hydrogen-bond donors (Lipinski definition) is 1. The average molecular weight is 358 g/mol. The molecule has 0 unspecified atom stereocenters. The Morgan fingerprint density at radius 3 is 2.44 bits per heavy atom. The Bertz CT molecular complexity index is 653. The zero-order valence-electron chi connectivity index (χ0n) is 14.3. The number of benzene rings is 1. The lowest BCUT2D eigenvalue weighted by molar-refractivity contribution is -0.137. The molecule has 1 fully saturated rings. The van der Waals surface area contributed by atoms with Gasteiger partial charge in [-0.3, -0.25) is 9.69 Å². The van der Waals surface area contributed by atoms with Gasteiger partial charge in [0.2, 0.25) is 5.91 Å². The van der Waals surface area contributed by atoms with Crippen LogP contribution in [-0.4, -0.2) is 35.1 Å². The first-order chi connectivity index (χ1) is 11.5. The second-order valence-corrected chi connectivity index (χ2v) is 6.86. The van der Waals surface area contributed by atoms with Crippen molar-refractivity contribution in [2.75, 3.05) is 11.9 Å². The van der Waals surface area contributed by atoms with Crippen LogP contribution in [0.2, 0.25) is 0 Å². The number of nitrogens with one attached hydrogen (secondary N) is 1. The van der Waals surface area contributed by atoms with Crippen molar-refractivity contribution in [2.45, 2.75) is 51.4 Å². The summed E-state index contributed by atoms with van der Waals surface area (Å²) in [7, 11) is 0. The molecule has 0 aliphatic carbocycles. The maximum Gasteiger partial charge on any atom is 0.418 e. The van der Waals surface area contributed by atoms with Gasteiger partial charge in [0, 0.05) is 6.54 Å². The predicted molar refractivity (Wildman–Crippen MR) is 86.0 cm³/mol. The molecule has 0 bridgehead atoms. The third-order valence-corrected chi connectivity index (χ3v) is 3.67. The highest BCUT2D eigenvalue weighted by molar-refractivity contribution is 5.97. The second kappa shape index (κ2) is 6.93. The van der Waals surface area contributed by atoms with Gasteiger partial charge in [-0.05, 0) is 45.7 Å². The normalized spacial score (nSPS) is 18.2. The number of rotatable bonds is 2. The summed E-state index contributed by atoms with van der Waals surface area (Å²) in [5.74, 6) is -0.653. The van der Waals surface area contributed by atoms with Crippen molar-refractivity contribution in [3.05, 3.63) is 29.8 Å². The third-order valence-electron chi connectivity index (χ3n) is 3.67. The van der Waals surface area contributed by atoms with Crippen LogP contribution in [0, 0.1) is 0 Å². The summed E-state index contributed by atoms with van der Waals surface area (Å²) >= 11 is 0. The topological polar surface area (TPSA) is 58.6 Å². The standard InChI is InChI=1S/C17H21F3N2O3/c1-16(2,3)25-15(24)22-10-6-9-13(22)14(23)21-12-8-5-4-7-11(12)17(18,19)20/h4-5,7-8,13H,6,9-10H2,1-3H3,(H,21,23)/t13-/m0/s1. The van der Waals surface area contributed by atoms with E-state index in [0.29, 0.717) is 19.4 Å². The highest BCUT2D eigenvalue weighted by Gasteiger charge is 2.38. The number of anilines is 1. The minimum Gasteiger partial charge on any atom is -0.444 e. The lowest BCUT2D eigenvalue weighted by atomic mass is 10.1. The fraction of sp³-hybridized carbons (Fsp3) is 0.529. The molecule has 1 aromatic carbocycles. The Kier molecular flexibility index (Phi) is 5.29. The fourth-order valence-corrected chi connectivity index (χ4v) is 2.63. The average Bonchev–Trinajstić information content (AvgIpc) is 2.94. The van der Waals surface area contributed by atoms with Crippen LogP contribution >= 0.6 is 0 Å². The number of likely N-dealkylation sites (tertiary alicyclic amines) is 1. The van der Waals surface area contributed by atoms with Gasteiger partial charge in [0.1, 0.15) is 11.6 Å². The number of hydrogen-bond acceptors (Lipinski definition) is 3. The first-order valence-corrected chi connectivity index (χ1v) is 7.96. The lowest BCUT2D eigenvalue weighted by Crippen LogP contribution is -2.45. The van der Waals surface area contributed by atoms with Gasteiger partial charge in [0.15, 0.2) is 0 Å². The first-order valence-electron chi connectivity index (χ1n) is 7.96. The molecule has 1 saturated heterocycles. The van der Waals surface area contributed by atoms with Gasteiger partial charge in [0.25, 0.3) is 0 Å². The molecule has 1 aliphatic rings. The van der Waals surface area contributed by atoms with Gasteiger partial charge in [0.05, 0.1) is 11.3 Å². The zero-order chi connectivity index (χ0) is 18.8. The van der Waals surface area contributed by atoms with Crippen molar-refractivity contribution in [3.8, 4) is 0 Å². The first kappa shape index (κ1) is 19.1. The molecule has 0 radical (unpaired) electrons. The van der Waals surface area contributed by atoms with E-state index in [1.54, 1.807) is 20.8 Å². The fourth-order valence-electron chi connectivity index (χ4n) is 2.63. The van der Waals surface area contributed by atoms with Gasteiger partial charge < -0.3 is 10.1 Å². The largest absolute Gasteiger partial charge is 0.444 e. The Hall–Kier alpha value is -2.25. The Morgan fingerprint density at radius 1 is 1.20 bits per heavy atom. The van der Waals surface area contributed by atoms with E-state index in [4.69, 9.17) is 4.74 Å². The van der Waals surface area contributed by atoms with Gasteiger partial charge >= 0.3 is 12.3 Å². The quantitative estimate of drug-likeness (QED) is 0.868. The SMILES string of the molecule is CC(C)(C)OC(=O)N1CCC[C@H]1C(=O)Nc1ccccc1C(F)(F)F. The van der Waals surface area contributed by atoms with E-state index in [1.807, 2.05) is 0 Å². The van der Waals surface area contributed by atoms with Gasteiger partial charge in [-0.1, -0.05) is 12.1 Å². The smallest absolute Gasteiger partial charge is 0.418 e. The maximum atomic E-state index is 13.0. The summed E-state index contributed by atoms with van der Waals surface area (Å²) in [5.41, 5.74) is -1.97. The maximum absolute atomic E-state index is 13.0. The zero-order valence-corrected chi connectivity index (χ0v) is 14.3. The molecule has 1 heterocycles. The van der Waals surface area contributed by atoms with Crippen molar-refractivity contribution < 1.29 is 27.5 Å². The van der Waals surface area contributed by atoms with E-state index < -0.39 is 35.4 Å². The number of para-hydroxylation sites is 1. The lowest BCUT2D eigenvalue weighted by Gasteiger charge is -2.28. The molecule has 25 heavy (non-hydrogen) atoms. The molecule has 1 aromatic rings. The van der Waals surface area contributed by atoms with Crippen molar-refractivity contribution >= 4 is 17.7 Å². The Morgan fingerprint density at radius 2 is 1.84 bits per heavy atom. The third kappa shape index (κ3) is 4.87. The Labute approximate surface area is 144 Å². The molecule has 0 spiro atoms. The van der Waals surface area contributed by atoms with Crippen LogP contribution in [0.4, 0.5) is 23.7 Å². The predicted octanol–water partition coefficient (Wildman–Crippen LogP) is 4.04. The van der Waals surface area contributed by atoms with E-state index in [-0.39, 0.29) is 5.69 Å². The summed E-state index contributed by atoms with van der Waals surface area (Å²) in [4.78, 5) is 25.9. The number of halogens is 3. The summed E-state index contributed by atoms with van der Waals surface area (Å²) in [6.07, 6.45) is -4.27. The van der Waals surface area contributed by atoms with Crippen molar-refractivity contribution in [3.63, 3.8) is 0 Å². The number of amides is 2. The molecule has 8 heteroatoms. The van der Waals surface area contributed by atoms with E-state index >= 15 is 0 Å². The van der Waals surface area contributed by atoms with Crippen LogP contribution in [0.5, 0.6) is 0 Å². The molecule has 0 saturated carbocycles. The number of ether oxygens (including phenoxy) is 1. The van der Waals surface area contributed by atoms with Gasteiger partial charge in [-0.25, -0.2) is 4.79 Å². The van der Waals surface area contributed by atoms with E-state index in [2.05, 4.69) is 5.32 Å². The Balaban J connectivity index is 2.14. The minimum atomic E-state index is -4.58. The summed E-state index contributed by atoms with van der Waals surface area (Å²) in [6, 6.07) is 3.89. The second-order valence-electron chi connectivity index (χ2n) is 6.86. The van der Waals surface area contributed by atoms with E-state index in [1.165, 1.54) is 23.1 Å². The molecular weight excluding hydrogens is 337 g/mol. The van der Waals surface area contributed by atoms with E-state index in [9.17, 15) is 22.8 Å². The van der Waals surface area contributed by atoms with Crippen LogP contribution in [0.1, 0.15) is 39.2 Å². The molecule has 1 N–H and O–H groups in total. The number of carbonyl (C=O) groups is 2. The van der Waals surface area contributed by atoms with Crippen LogP contribution in [0.3, 0.4) is 0 Å². The molecule has 1 atom stereocenters. The van der Waals surface area contributed by atoms with Crippen LogP contribution in [0.15, 0.2) is 24.3 Å². The van der Waals surface area contributed by atoms with Crippen molar-refractivity contribution in [1.29, 1.82) is 0 Å². The molecular formula is C17H21F3N2O3. The van der Waals surface area contributed by atoms with Crippen molar-refractivity contribution in [2.24, 2.45) is 0 Å². The van der Waals surface area contributed by atoms with Crippen LogP contribution in [0.25, 0.3) is 0 Å². The number of carbonyl (C=O) groups excluding carboxylic acids is 2. The highest BCUT2D eigenvalue weighted by atomic mass is 19.4.